The molecule has 0 amide bonds. The van der Waals surface area contributed by atoms with Crippen LogP contribution in [0.25, 0.3) is 32.9 Å². The molecule has 0 N–H and O–H groups in total. The molecule has 174 valence electrons. The Morgan fingerprint density at radius 3 is 2.47 bits per heavy atom. The predicted octanol–water partition coefficient (Wildman–Crippen LogP) is 8.45. The fourth-order valence-corrected chi connectivity index (χ4v) is 6.48. The Labute approximate surface area is 203 Å². The van der Waals surface area contributed by atoms with Gasteiger partial charge in [0, 0.05) is 17.5 Å². The topological polar surface area (TPSA) is 13.1 Å². The van der Waals surface area contributed by atoms with Gasteiger partial charge in [-0.2, -0.15) is 4.57 Å². The number of rotatable bonds is 2. The molecule has 4 aromatic rings. The Hall–Kier alpha value is -2.87. The molecule has 0 atom stereocenters. The Kier molecular flexibility index (Phi) is 4.82. The summed E-state index contributed by atoms with van der Waals surface area (Å²) in [5, 5.41) is 3.90. The standard InChI is InChI=1S/C32H36NO/c1-19-14-23-15-21(18-32(3,4)5)16-27-30(23)29(20(19)2)31-28(34-27)17-25-24(22-10-7-8-11-22)12-9-13-26(25)33(31)6/h9,12-17,22H,7-8,10-11,18H2,1-6H3/q+1. The third-order valence-corrected chi connectivity index (χ3v) is 8.09. The molecule has 0 saturated heterocycles. The molecule has 0 unspecified atom stereocenters. The van der Waals surface area contributed by atoms with Crippen LogP contribution < -0.4 is 9.30 Å². The molecule has 1 saturated carbocycles. The van der Waals surface area contributed by atoms with Gasteiger partial charge in [0.2, 0.25) is 5.52 Å². The van der Waals surface area contributed by atoms with Crippen LogP contribution in [0.3, 0.4) is 0 Å². The zero-order chi connectivity index (χ0) is 23.8. The highest BCUT2D eigenvalue weighted by Crippen LogP contribution is 2.49. The number of hydrogen-bond donors (Lipinski definition) is 0. The zero-order valence-corrected chi connectivity index (χ0v) is 21.5. The second-order valence-corrected chi connectivity index (χ2v) is 11.9. The molecule has 2 heteroatoms. The maximum absolute atomic E-state index is 6.79. The molecular weight excluding hydrogens is 414 g/mol. The van der Waals surface area contributed by atoms with Crippen molar-refractivity contribution in [2.75, 3.05) is 0 Å². The van der Waals surface area contributed by atoms with Crippen molar-refractivity contribution in [3.05, 3.63) is 64.7 Å². The predicted molar refractivity (Wildman–Crippen MR) is 142 cm³/mol. The second-order valence-electron chi connectivity index (χ2n) is 11.9. The van der Waals surface area contributed by atoms with Crippen LogP contribution in [0.2, 0.25) is 0 Å². The smallest absolute Gasteiger partial charge is 0.256 e. The van der Waals surface area contributed by atoms with Crippen LogP contribution in [-0.2, 0) is 13.5 Å². The number of fused-ring (bicyclic) bond motifs is 3. The van der Waals surface area contributed by atoms with Gasteiger partial charge in [-0.15, -0.1) is 0 Å². The lowest BCUT2D eigenvalue weighted by Crippen LogP contribution is -2.34. The van der Waals surface area contributed by atoms with E-state index >= 15 is 0 Å². The molecule has 1 fully saturated rings. The van der Waals surface area contributed by atoms with Crippen molar-refractivity contribution < 1.29 is 9.30 Å². The minimum Gasteiger partial charge on any atom is -0.450 e. The molecule has 0 radical (unpaired) electrons. The van der Waals surface area contributed by atoms with E-state index in [0.29, 0.717) is 5.92 Å². The van der Waals surface area contributed by atoms with E-state index in [-0.39, 0.29) is 5.41 Å². The first-order chi connectivity index (χ1) is 16.2. The SMILES string of the molecule is Cc1cc2cc(CC(C)(C)C)cc3c2c(c1C)-c1c(cc2c(C4CCCC4)cccc2[n+]1C)O3. The maximum atomic E-state index is 6.79. The van der Waals surface area contributed by atoms with Crippen molar-refractivity contribution in [1.82, 2.24) is 0 Å². The Morgan fingerprint density at radius 2 is 1.74 bits per heavy atom. The van der Waals surface area contributed by atoms with Gasteiger partial charge in [0.1, 0.15) is 12.8 Å². The van der Waals surface area contributed by atoms with Crippen LogP contribution in [0.1, 0.15) is 74.6 Å². The summed E-state index contributed by atoms with van der Waals surface area (Å²) in [5.41, 5.74) is 9.61. The lowest BCUT2D eigenvalue weighted by molar-refractivity contribution is -0.633. The number of ether oxygens (including phenoxy) is 1. The van der Waals surface area contributed by atoms with Crippen molar-refractivity contribution in [3.8, 4) is 22.8 Å². The third-order valence-electron chi connectivity index (χ3n) is 8.09. The minimum atomic E-state index is 0.231. The molecule has 34 heavy (non-hydrogen) atoms. The van der Waals surface area contributed by atoms with Gasteiger partial charge in [-0.25, -0.2) is 0 Å². The van der Waals surface area contributed by atoms with E-state index in [1.807, 2.05) is 0 Å². The summed E-state index contributed by atoms with van der Waals surface area (Å²) in [7, 11) is 2.22. The number of aryl methyl sites for hydroxylation is 2. The van der Waals surface area contributed by atoms with E-state index in [9.17, 15) is 0 Å². The average molecular weight is 451 g/mol. The van der Waals surface area contributed by atoms with Crippen molar-refractivity contribution in [3.63, 3.8) is 0 Å². The van der Waals surface area contributed by atoms with Crippen LogP contribution in [0.5, 0.6) is 11.5 Å². The first kappa shape index (κ1) is 21.6. The zero-order valence-electron chi connectivity index (χ0n) is 21.5. The lowest BCUT2D eigenvalue weighted by atomic mass is 9.85. The highest BCUT2D eigenvalue weighted by molar-refractivity contribution is 6.05. The molecular formula is C32H36NO+. The Balaban J connectivity index is 1.65. The van der Waals surface area contributed by atoms with Gasteiger partial charge in [-0.05, 0) is 78.1 Å². The van der Waals surface area contributed by atoms with Crippen LogP contribution in [-0.4, -0.2) is 0 Å². The van der Waals surface area contributed by atoms with Crippen molar-refractivity contribution in [1.29, 1.82) is 0 Å². The monoisotopic (exact) mass is 450 g/mol. The minimum absolute atomic E-state index is 0.231. The van der Waals surface area contributed by atoms with Gasteiger partial charge >= 0.3 is 0 Å². The fourth-order valence-electron chi connectivity index (χ4n) is 6.48. The van der Waals surface area contributed by atoms with E-state index in [1.54, 1.807) is 0 Å². The molecule has 1 aliphatic heterocycles. The van der Waals surface area contributed by atoms with Crippen LogP contribution in [0, 0.1) is 19.3 Å². The molecule has 0 bridgehead atoms. The normalized spacial score (nSPS) is 15.7. The van der Waals surface area contributed by atoms with Gasteiger partial charge in [-0.1, -0.05) is 57.9 Å². The molecule has 2 heterocycles. The molecule has 1 aliphatic carbocycles. The van der Waals surface area contributed by atoms with Gasteiger partial charge in [-0.3, -0.25) is 0 Å². The number of aromatic nitrogens is 1. The van der Waals surface area contributed by atoms with Crippen LogP contribution in [0.15, 0.2) is 42.5 Å². The van der Waals surface area contributed by atoms with Crippen LogP contribution >= 0.6 is 0 Å². The molecule has 2 nitrogen and oxygen atoms in total. The summed E-state index contributed by atoms with van der Waals surface area (Å²) in [6, 6.07) is 16.2. The Morgan fingerprint density at radius 1 is 0.971 bits per heavy atom. The van der Waals surface area contributed by atoms with Crippen molar-refractivity contribution in [2.24, 2.45) is 12.5 Å². The van der Waals surface area contributed by atoms with E-state index in [2.05, 4.69) is 88.7 Å². The number of nitrogens with zero attached hydrogens (tertiary/aromatic N) is 1. The largest absolute Gasteiger partial charge is 0.450 e. The fraction of sp³-hybridized carbons (Fsp3) is 0.406. The van der Waals surface area contributed by atoms with Gasteiger partial charge in [0.25, 0.3) is 5.69 Å². The summed E-state index contributed by atoms with van der Waals surface area (Å²) in [4.78, 5) is 0. The summed E-state index contributed by atoms with van der Waals surface area (Å²) in [6.07, 6.45) is 6.33. The number of hydrogen-bond acceptors (Lipinski definition) is 1. The van der Waals surface area contributed by atoms with E-state index < -0.39 is 0 Å². The molecule has 2 aliphatic rings. The second kappa shape index (κ2) is 7.57. The van der Waals surface area contributed by atoms with E-state index in [1.165, 1.54) is 80.9 Å². The quantitative estimate of drug-likeness (QED) is 0.246. The number of benzene rings is 3. The first-order valence-corrected chi connectivity index (χ1v) is 12.9. The van der Waals surface area contributed by atoms with Gasteiger partial charge < -0.3 is 4.74 Å². The highest BCUT2D eigenvalue weighted by Gasteiger charge is 2.33. The third kappa shape index (κ3) is 3.34. The summed E-state index contributed by atoms with van der Waals surface area (Å²) in [5.74, 6) is 2.68. The average Bonchev–Trinajstić information content (AvgIpc) is 3.30. The van der Waals surface area contributed by atoms with E-state index in [0.717, 1.165) is 17.9 Å². The first-order valence-electron chi connectivity index (χ1n) is 12.9. The van der Waals surface area contributed by atoms with Crippen LogP contribution in [0.4, 0.5) is 0 Å². The molecule has 1 aromatic heterocycles. The van der Waals surface area contributed by atoms with Crippen molar-refractivity contribution in [2.45, 2.75) is 72.6 Å². The lowest BCUT2D eigenvalue weighted by Gasteiger charge is -2.25. The molecule has 6 rings (SSSR count). The summed E-state index contributed by atoms with van der Waals surface area (Å²) < 4.78 is 9.17. The Bertz CT molecular complexity index is 1470. The summed E-state index contributed by atoms with van der Waals surface area (Å²) in [6.45, 7) is 11.4. The molecule has 0 spiro atoms. The van der Waals surface area contributed by atoms with Crippen molar-refractivity contribution >= 4 is 21.7 Å². The highest BCUT2D eigenvalue weighted by atomic mass is 16.5. The maximum Gasteiger partial charge on any atom is 0.256 e. The van der Waals surface area contributed by atoms with Gasteiger partial charge in [0.15, 0.2) is 5.75 Å². The summed E-state index contributed by atoms with van der Waals surface area (Å²) >= 11 is 0. The van der Waals surface area contributed by atoms with Gasteiger partial charge in [0.05, 0.1) is 10.9 Å². The number of pyridine rings is 1. The molecule has 3 aromatic carbocycles. The van der Waals surface area contributed by atoms with E-state index in [4.69, 9.17) is 4.74 Å².